The van der Waals surface area contributed by atoms with Crippen molar-refractivity contribution in [3.05, 3.63) is 41.3 Å². The topological polar surface area (TPSA) is 128 Å². The van der Waals surface area contributed by atoms with Crippen molar-refractivity contribution in [2.45, 2.75) is 25.7 Å². The van der Waals surface area contributed by atoms with Crippen molar-refractivity contribution in [3.8, 4) is 0 Å². The van der Waals surface area contributed by atoms with Gasteiger partial charge in [0.1, 0.15) is 10.6 Å². The Kier molecular flexibility index (Phi) is 6.11. The summed E-state index contributed by atoms with van der Waals surface area (Å²) in [7, 11) is -3.92. The number of nitrogens with one attached hydrogen (secondary N) is 2. The van der Waals surface area contributed by atoms with Gasteiger partial charge < -0.3 is 14.6 Å². The molecule has 2 rings (SSSR count). The average molecular weight is 381 g/mol. The maximum Gasteiger partial charge on any atom is 0.338 e. The number of sulfonamides is 1. The zero-order chi connectivity index (χ0) is 19.3. The molecule has 0 aliphatic heterocycles. The summed E-state index contributed by atoms with van der Waals surface area (Å²) < 4.78 is 36.3. The van der Waals surface area contributed by atoms with Gasteiger partial charge in [-0.05, 0) is 45.0 Å². The van der Waals surface area contributed by atoms with E-state index in [-0.39, 0.29) is 23.0 Å². The fourth-order valence-electron chi connectivity index (χ4n) is 2.20. The molecule has 9 nitrogen and oxygen atoms in total. The molecule has 0 fully saturated rings. The maximum atomic E-state index is 12.2. The SMILES string of the molecule is CCOC(=O)c1ccc(NC(=O)CNS(=O)(=O)c2c(C)noc2C)cc1. The molecule has 10 heteroatoms. The number of nitrogens with zero attached hydrogens (tertiary/aromatic N) is 1. The number of carbonyl (C=O) groups excluding carboxylic acids is 2. The second-order valence-electron chi connectivity index (χ2n) is 5.32. The molecule has 1 amide bonds. The average Bonchev–Trinajstić information content (AvgIpc) is 2.93. The van der Waals surface area contributed by atoms with Crippen LogP contribution in [0, 0.1) is 13.8 Å². The Balaban J connectivity index is 1.96. The molecule has 0 saturated carbocycles. The number of aryl methyl sites for hydroxylation is 2. The van der Waals surface area contributed by atoms with Crippen molar-refractivity contribution in [3.63, 3.8) is 0 Å². The van der Waals surface area contributed by atoms with Crippen LogP contribution in [0.5, 0.6) is 0 Å². The smallest absolute Gasteiger partial charge is 0.338 e. The van der Waals surface area contributed by atoms with Gasteiger partial charge in [-0.25, -0.2) is 17.9 Å². The van der Waals surface area contributed by atoms with Crippen LogP contribution in [0.3, 0.4) is 0 Å². The van der Waals surface area contributed by atoms with Gasteiger partial charge in [0, 0.05) is 5.69 Å². The number of hydrogen-bond acceptors (Lipinski definition) is 7. The number of esters is 1. The van der Waals surface area contributed by atoms with Gasteiger partial charge in [-0.15, -0.1) is 0 Å². The summed E-state index contributed by atoms with van der Waals surface area (Å²) in [6.07, 6.45) is 0. The molecule has 1 aromatic heterocycles. The molecular formula is C16H19N3O6S. The summed E-state index contributed by atoms with van der Waals surface area (Å²) in [5.41, 5.74) is 0.980. The Bertz CT molecular complexity index is 883. The van der Waals surface area contributed by atoms with E-state index in [1.54, 1.807) is 6.92 Å². The van der Waals surface area contributed by atoms with Crippen LogP contribution in [0.25, 0.3) is 0 Å². The Morgan fingerprint density at radius 3 is 2.38 bits per heavy atom. The Labute approximate surface area is 150 Å². The normalized spacial score (nSPS) is 11.2. The lowest BCUT2D eigenvalue weighted by Crippen LogP contribution is -2.33. The second kappa shape index (κ2) is 8.11. The molecule has 0 unspecified atom stereocenters. The van der Waals surface area contributed by atoms with E-state index in [0.717, 1.165) is 0 Å². The van der Waals surface area contributed by atoms with Crippen LogP contribution >= 0.6 is 0 Å². The summed E-state index contributed by atoms with van der Waals surface area (Å²) in [5.74, 6) is -0.883. The Morgan fingerprint density at radius 2 is 1.85 bits per heavy atom. The van der Waals surface area contributed by atoms with Crippen molar-refractivity contribution in [2.24, 2.45) is 0 Å². The van der Waals surface area contributed by atoms with Crippen LogP contribution in [-0.4, -0.2) is 38.6 Å². The standard InChI is InChI=1S/C16H19N3O6S/c1-4-24-16(21)12-5-7-13(8-6-12)18-14(20)9-17-26(22,23)15-10(2)19-25-11(15)3/h5-8,17H,4,9H2,1-3H3,(H,18,20). The molecule has 0 bridgehead atoms. The lowest BCUT2D eigenvalue weighted by atomic mass is 10.2. The fourth-order valence-corrected chi connectivity index (χ4v) is 3.51. The number of rotatable bonds is 7. The quantitative estimate of drug-likeness (QED) is 0.694. The van der Waals surface area contributed by atoms with E-state index >= 15 is 0 Å². The zero-order valence-electron chi connectivity index (χ0n) is 14.5. The van der Waals surface area contributed by atoms with Crippen LogP contribution in [0.4, 0.5) is 5.69 Å². The van der Waals surface area contributed by atoms with Crippen molar-refractivity contribution < 1.29 is 27.3 Å². The summed E-state index contributed by atoms with van der Waals surface area (Å²) in [6.45, 7) is 4.47. The van der Waals surface area contributed by atoms with Gasteiger partial charge in [0.25, 0.3) is 0 Å². The van der Waals surface area contributed by atoms with E-state index in [2.05, 4.69) is 15.2 Å². The number of hydrogen-bond donors (Lipinski definition) is 2. The van der Waals surface area contributed by atoms with E-state index in [4.69, 9.17) is 9.26 Å². The van der Waals surface area contributed by atoms with Gasteiger partial charge in [-0.2, -0.15) is 0 Å². The van der Waals surface area contributed by atoms with Gasteiger partial charge in [0.15, 0.2) is 5.76 Å². The number of ether oxygens (including phenoxy) is 1. The third kappa shape index (κ3) is 4.67. The molecule has 1 heterocycles. The van der Waals surface area contributed by atoms with Crippen molar-refractivity contribution in [1.29, 1.82) is 0 Å². The highest BCUT2D eigenvalue weighted by atomic mass is 32.2. The molecule has 2 aromatic rings. The minimum atomic E-state index is -3.92. The number of amides is 1. The van der Waals surface area contributed by atoms with Crippen LogP contribution in [0.2, 0.25) is 0 Å². The lowest BCUT2D eigenvalue weighted by molar-refractivity contribution is -0.115. The minimum Gasteiger partial charge on any atom is -0.462 e. The van der Waals surface area contributed by atoms with Gasteiger partial charge in [-0.3, -0.25) is 4.79 Å². The predicted octanol–water partition coefficient (Wildman–Crippen LogP) is 1.39. The molecule has 0 saturated heterocycles. The van der Waals surface area contributed by atoms with E-state index in [1.807, 2.05) is 0 Å². The van der Waals surface area contributed by atoms with Gasteiger partial charge in [0.2, 0.25) is 15.9 Å². The van der Waals surface area contributed by atoms with E-state index < -0.39 is 28.4 Å². The van der Waals surface area contributed by atoms with Crippen LogP contribution in [0.15, 0.2) is 33.7 Å². The molecule has 0 atom stereocenters. The highest BCUT2D eigenvalue weighted by molar-refractivity contribution is 7.89. The monoisotopic (exact) mass is 381 g/mol. The van der Waals surface area contributed by atoms with Crippen LogP contribution in [-0.2, 0) is 19.6 Å². The van der Waals surface area contributed by atoms with E-state index in [1.165, 1.54) is 38.1 Å². The predicted molar refractivity (Wildman–Crippen MR) is 92.2 cm³/mol. The summed E-state index contributed by atoms with van der Waals surface area (Å²) >= 11 is 0. The number of benzene rings is 1. The van der Waals surface area contributed by atoms with Gasteiger partial charge in [-0.1, -0.05) is 5.16 Å². The van der Waals surface area contributed by atoms with Crippen molar-refractivity contribution in [1.82, 2.24) is 9.88 Å². The molecule has 0 radical (unpaired) electrons. The molecule has 26 heavy (non-hydrogen) atoms. The zero-order valence-corrected chi connectivity index (χ0v) is 15.3. The molecular weight excluding hydrogens is 362 g/mol. The van der Waals surface area contributed by atoms with Crippen LogP contribution in [0.1, 0.15) is 28.7 Å². The highest BCUT2D eigenvalue weighted by Gasteiger charge is 2.24. The summed E-state index contributed by atoms with van der Waals surface area (Å²) in [5, 5.41) is 6.11. The Hall–Kier alpha value is -2.72. The third-order valence-electron chi connectivity index (χ3n) is 3.34. The van der Waals surface area contributed by atoms with Crippen molar-refractivity contribution in [2.75, 3.05) is 18.5 Å². The van der Waals surface area contributed by atoms with Gasteiger partial charge in [0.05, 0.1) is 18.7 Å². The van der Waals surface area contributed by atoms with E-state index in [0.29, 0.717) is 11.3 Å². The fraction of sp³-hybridized carbons (Fsp3) is 0.312. The first-order valence-electron chi connectivity index (χ1n) is 7.74. The molecule has 140 valence electrons. The lowest BCUT2D eigenvalue weighted by Gasteiger charge is -2.08. The Morgan fingerprint density at radius 1 is 1.19 bits per heavy atom. The van der Waals surface area contributed by atoms with E-state index in [9.17, 15) is 18.0 Å². The van der Waals surface area contributed by atoms with Crippen molar-refractivity contribution >= 4 is 27.6 Å². The maximum absolute atomic E-state index is 12.2. The van der Waals surface area contributed by atoms with Gasteiger partial charge >= 0.3 is 5.97 Å². The first kappa shape index (κ1) is 19.6. The first-order chi connectivity index (χ1) is 12.2. The number of anilines is 1. The largest absolute Gasteiger partial charge is 0.462 e. The summed E-state index contributed by atoms with van der Waals surface area (Å²) in [4.78, 5) is 23.4. The summed E-state index contributed by atoms with van der Waals surface area (Å²) in [6, 6.07) is 6.04. The highest BCUT2D eigenvalue weighted by Crippen LogP contribution is 2.18. The van der Waals surface area contributed by atoms with Crippen LogP contribution < -0.4 is 10.0 Å². The molecule has 1 aromatic carbocycles. The third-order valence-corrected chi connectivity index (χ3v) is 4.98. The number of aromatic nitrogens is 1. The minimum absolute atomic E-state index is 0.0795. The second-order valence-corrected chi connectivity index (χ2v) is 7.03. The number of carbonyl (C=O) groups is 2. The molecule has 0 aliphatic carbocycles. The molecule has 0 spiro atoms. The first-order valence-corrected chi connectivity index (χ1v) is 9.22. The molecule has 0 aliphatic rings. The molecule has 2 N–H and O–H groups in total.